The number of rotatable bonds is 2. The minimum atomic E-state index is -0.190. The number of anilines is 1. The van der Waals surface area contributed by atoms with Gasteiger partial charge in [-0.15, -0.1) is 0 Å². The molecule has 2 atom stereocenters. The molecule has 2 fully saturated rings. The van der Waals surface area contributed by atoms with Gasteiger partial charge in [-0.2, -0.15) is 0 Å². The van der Waals surface area contributed by atoms with Crippen LogP contribution in [0.1, 0.15) is 39.8 Å². The van der Waals surface area contributed by atoms with E-state index in [9.17, 15) is 14.4 Å². The molecule has 2 aromatic carbocycles. The molecule has 3 aromatic rings. The number of hydrogen-bond acceptors (Lipinski definition) is 3. The van der Waals surface area contributed by atoms with Gasteiger partial charge in [0.2, 0.25) is 5.91 Å². The number of carbonyl (C=O) groups is 3. The van der Waals surface area contributed by atoms with Crippen LogP contribution in [-0.4, -0.2) is 34.0 Å². The maximum Gasteiger partial charge on any atom is 0.274 e. The lowest BCUT2D eigenvalue weighted by Crippen LogP contribution is -2.33. The average Bonchev–Trinajstić information content (AvgIpc) is 3.11. The van der Waals surface area contributed by atoms with Crippen molar-refractivity contribution in [2.45, 2.75) is 18.8 Å². The third kappa shape index (κ3) is 2.21. The van der Waals surface area contributed by atoms with E-state index in [1.165, 1.54) is 6.92 Å². The highest BCUT2D eigenvalue weighted by atomic mass is 16.2. The van der Waals surface area contributed by atoms with Crippen molar-refractivity contribution in [3.05, 3.63) is 77.1 Å². The van der Waals surface area contributed by atoms with Crippen LogP contribution in [0.3, 0.4) is 0 Å². The van der Waals surface area contributed by atoms with E-state index in [0.717, 1.165) is 34.1 Å². The number of ketones is 1. The molecule has 2 amide bonds. The lowest BCUT2D eigenvalue weighted by atomic mass is 9.81. The van der Waals surface area contributed by atoms with Crippen LogP contribution < -0.4 is 5.32 Å². The number of nitrogens with one attached hydrogen (secondary N) is 2. The maximum atomic E-state index is 13.4. The summed E-state index contributed by atoms with van der Waals surface area (Å²) in [6, 6.07) is 15.1. The van der Waals surface area contributed by atoms with Crippen molar-refractivity contribution in [1.82, 2.24) is 9.88 Å². The van der Waals surface area contributed by atoms with Crippen LogP contribution in [0, 0.1) is 5.92 Å². The summed E-state index contributed by atoms with van der Waals surface area (Å²) < 4.78 is 0. The molecule has 148 valence electrons. The number of fused-ring (bicyclic) bond motifs is 2. The Morgan fingerprint density at radius 3 is 2.83 bits per heavy atom. The molecular formula is C24H19N3O3. The van der Waals surface area contributed by atoms with E-state index in [1.807, 2.05) is 36.4 Å². The van der Waals surface area contributed by atoms with Crippen LogP contribution in [0.4, 0.5) is 5.69 Å². The van der Waals surface area contributed by atoms with Gasteiger partial charge in [0.05, 0.1) is 0 Å². The van der Waals surface area contributed by atoms with E-state index in [4.69, 9.17) is 0 Å². The van der Waals surface area contributed by atoms with Gasteiger partial charge >= 0.3 is 0 Å². The Hall–Kier alpha value is -3.67. The largest absolute Gasteiger partial charge is 0.351 e. The first-order valence-electron chi connectivity index (χ1n) is 10.1. The molecule has 1 saturated carbocycles. The number of piperidine rings is 1. The van der Waals surface area contributed by atoms with Crippen LogP contribution in [-0.2, 0) is 10.2 Å². The van der Waals surface area contributed by atoms with E-state index >= 15 is 0 Å². The molecule has 1 aromatic heterocycles. The van der Waals surface area contributed by atoms with Gasteiger partial charge in [-0.1, -0.05) is 24.3 Å². The van der Waals surface area contributed by atoms with Crippen molar-refractivity contribution in [2.24, 2.45) is 5.92 Å². The van der Waals surface area contributed by atoms with Gasteiger partial charge in [0.15, 0.2) is 5.78 Å². The third-order valence-corrected chi connectivity index (χ3v) is 6.61. The number of aromatic nitrogens is 1. The quantitative estimate of drug-likeness (QED) is 0.693. The van der Waals surface area contributed by atoms with Crippen LogP contribution in [0.2, 0.25) is 0 Å². The molecule has 0 radical (unpaired) electrons. The van der Waals surface area contributed by atoms with Crippen LogP contribution in [0.25, 0.3) is 10.9 Å². The van der Waals surface area contributed by atoms with Crippen molar-refractivity contribution >= 4 is 34.2 Å². The van der Waals surface area contributed by atoms with Gasteiger partial charge in [0, 0.05) is 52.8 Å². The van der Waals surface area contributed by atoms with E-state index in [1.54, 1.807) is 23.1 Å². The number of amides is 2. The fourth-order valence-electron chi connectivity index (χ4n) is 5.25. The fourth-order valence-corrected chi connectivity index (χ4v) is 5.25. The second-order valence-corrected chi connectivity index (χ2v) is 8.39. The number of hydrogen-bond donors (Lipinski definition) is 2. The van der Waals surface area contributed by atoms with Gasteiger partial charge in [-0.3, -0.25) is 14.4 Å². The molecule has 6 nitrogen and oxygen atoms in total. The molecule has 0 unspecified atom stereocenters. The van der Waals surface area contributed by atoms with Crippen molar-refractivity contribution in [3.63, 3.8) is 0 Å². The highest BCUT2D eigenvalue weighted by molar-refractivity contribution is 6.10. The zero-order valence-corrected chi connectivity index (χ0v) is 16.4. The van der Waals surface area contributed by atoms with Crippen LogP contribution in [0.5, 0.6) is 0 Å². The number of H-pyrrole nitrogens is 1. The van der Waals surface area contributed by atoms with E-state index in [-0.39, 0.29) is 23.0 Å². The normalized spacial score (nSPS) is 23.5. The molecule has 0 bridgehead atoms. The molecule has 3 aliphatic rings. The Bertz CT molecular complexity index is 1320. The van der Waals surface area contributed by atoms with Gasteiger partial charge in [-0.25, -0.2) is 0 Å². The molecule has 1 spiro atoms. The van der Waals surface area contributed by atoms with E-state index in [0.29, 0.717) is 23.8 Å². The molecule has 30 heavy (non-hydrogen) atoms. The molecule has 2 N–H and O–H groups in total. The Balaban J connectivity index is 1.37. The number of carbonyl (C=O) groups excluding carboxylic acids is 3. The summed E-state index contributed by atoms with van der Waals surface area (Å²) >= 11 is 0. The summed E-state index contributed by atoms with van der Waals surface area (Å²) in [6.07, 6.45) is 2.64. The number of nitrogens with zero attached hydrogens (tertiary/aromatic N) is 1. The van der Waals surface area contributed by atoms with Gasteiger partial charge in [0.1, 0.15) is 5.69 Å². The van der Waals surface area contributed by atoms with Crippen LogP contribution >= 0.6 is 0 Å². The highest BCUT2D eigenvalue weighted by Gasteiger charge is 2.67. The minimum absolute atomic E-state index is 0.0341. The SMILES string of the molecule is CC(=O)Nc1ccc2[nH]c(C(=O)N3C[C@H]4C[C@@]45C3=CC(=O)c3ccccc35)cc2c1. The molecule has 6 rings (SSSR count). The van der Waals surface area contributed by atoms with Crippen molar-refractivity contribution in [3.8, 4) is 0 Å². The Labute approximate surface area is 172 Å². The van der Waals surface area contributed by atoms with Gasteiger partial charge < -0.3 is 15.2 Å². The summed E-state index contributed by atoms with van der Waals surface area (Å²) in [6.45, 7) is 2.08. The zero-order valence-electron chi connectivity index (χ0n) is 16.4. The standard InChI is InChI=1S/C24H19N3O3/c1-13(28)25-16-6-7-19-14(8-16)9-20(26-19)23(30)27-12-15-11-24(15)18-5-3-2-4-17(18)21(29)10-22(24)27/h2-10,15,26H,11-12H2,1H3,(H,25,28)/t15-,24-/m1/s1. The van der Waals surface area contributed by atoms with E-state index < -0.39 is 0 Å². The first-order chi connectivity index (χ1) is 14.5. The minimum Gasteiger partial charge on any atom is -0.351 e. The van der Waals surface area contributed by atoms with Gasteiger partial charge in [-0.05, 0) is 42.2 Å². The first-order valence-corrected chi connectivity index (χ1v) is 10.1. The Kier molecular flexibility index (Phi) is 3.26. The monoisotopic (exact) mass is 397 g/mol. The summed E-state index contributed by atoms with van der Waals surface area (Å²) in [5, 5.41) is 3.61. The molecule has 1 aliphatic heterocycles. The molecule has 1 saturated heterocycles. The first kappa shape index (κ1) is 17.2. The second-order valence-electron chi connectivity index (χ2n) is 8.39. The fraction of sp³-hybridized carbons (Fsp3) is 0.208. The molecular weight excluding hydrogens is 378 g/mol. The number of benzene rings is 2. The summed E-state index contributed by atoms with van der Waals surface area (Å²) in [5.74, 6) is 0.0557. The summed E-state index contributed by atoms with van der Waals surface area (Å²) in [7, 11) is 0. The molecule has 6 heteroatoms. The number of aromatic amines is 1. The van der Waals surface area contributed by atoms with E-state index in [2.05, 4.69) is 10.3 Å². The number of allylic oxidation sites excluding steroid dienone is 2. The van der Waals surface area contributed by atoms with Gasteiger partial charge in [0.25, 0.3) is 5.91 Å². The highest BCUT2D eigenvalue weighted by Crippen LogP contribution is 2.66. The van der Waals surface area contributed by atoms with Crippen molar-refractivity contribution in [2.75, 3.05) is 11.9 Å². The lowest BCUT2D eigenvalue weighted by molar-refractivity contribution is -0.114. The van der Waals surface area contributed by atoms with Crippen molar-refractivity contribution < 1.29 is 14.4 Å². The number of likely N-dealkylation sites (tertiary alicyclic amines) is 1. The topological polar surface area (TPSA) is 82.3 Å². The predicted molar refractivity (Wildman–Crippen MR) is 112 cm³/mol. The summed E-state index contributed by atoms with van der Waals surface area (Å²) in [4.78, 5) is 42.4. The lowest BCUT2D eigenvalue weighted by Gasteiger charge is -2.29. The molecule has 2 aliphatic carbocycles. The smallest absolute Gasteiger partial charge is 0.274 e. The average molecular weight is 397 g/mol. The molecule has 2 heterocycles. The zero-order chi connectivity index (χ0) is 20.6. The van der Waals surface area contributed by atoms with Crippen LogP contribution in [0.15, 0.2) is 60.3 Å². The Morgan fingerprint density at radius 2 is 2.00 bits per heavy atom. The predicted octanol–water partition coefficient (Wildman–Crippen LogP) is 3.62. The second kappa shape index (κ2) is 5.69. The Morgan fingerprint density at radius 1 is 1.17 bits per heavy atom. The summed E-state index contributed by atoms with van der Waals surface area (Å²) in [5.41, 5.74) is 4.45. The van der Waals surface area contributed by atoms with Crippen molar-refractivity contribution in [1.29, 1.82) is 0 Å². The maximum absolute atomic E-state index is 13.4. The third-order valence-electron chi connectivity index (χ3n) is 6.61.